The van der Waals surface area contributed by atoms with Gasteiger partial charge in [-0.2, -0.15) is 0 Å². The van der Waals surface area contributed by atoms with Crippen LogP contribution in [-0.2, 0) is 6.42 Å². The maximum absolute atomic E-state index is 5.94. The zero-order chi connectivity index (χ0) is 15.2. The smallest absolute Gasteiger partial charge is 0.193 e. The number of benzene rings is 2. The van der Waals surface area contributed by atoms with Crippen LogP contribution in [0.1, 0.15) is 22.3 Å². The molecule has 0 fully saturated rings. The van der Waals surface area contributed by atoms with E-state index in [1.54, 1.807) is 0 Å². The van der Waals surface area contributed by atoms with E-state index >= 15 is 0 Å². The van der Waals surface area contributed by atoms with Gasteiger partial charge in [0.15, 0.2) is 5.96 Å². The molecule has 4 heteroatoms. The van der Waals surface area contributed by atoms with Gasteiger partial charge in [0.1, 0.15) is 0 Å². The number of hydrogen-bond donors (Lipinski definition) is 2. The maximum Gasteiger partial charge on any atom is 0.193 e. The fraction of sp³-hybridized carbons (Fsp3) is 0.278. The molecule has 0 bridgehead atoms. The standard InChI is InChI=1S/C18H23N3.HI/c1-13-5-4-6-16(10-13)7-8-20-18(19)21-17-11-14(2)9-15(3)12-17;/h4-6,9-12H,7-8H2,1-3H3,(H3,19,20,21);1H. The minimum absolute atomic E-state index is 0. The maximum atomic E-state index is 5.94. The Morgan fingerprint density at radius 3 is 2.32 bits per heavy atom. The van der Waals surface area contributed by atoms with Crippen LogP contribution in [0.5, 0.6) is 0 Å². The van der Waals surface area contributed by atoms with Gasteiger partial charge < -0.3 is 11.1 Å². The summed E-state index contributed by atoms with van der Waals surface area (Å²) in [5.74, 6) is 0.465. The molecule has 2 rings (SSSR count). The van der Waals surface area contributed by atoms with Gasteiger partial charge in [-0.15, -0.1) is 24.0 Å². The van der Waals surface area contributed by atoms with Crippen molar-refractivity contribution >= 4 is 35.6 Å². The molecule has 118 valence electrons. The Labute approximate surface area is 150 Å². The number of aryl methyl sites for hydroxylation is 3. The summed E-state index contributed by atoms with van der Waals surface area (Å²) in [5.41, 5.74) is 11.9. The fourth-order valence-corrected chi connectivity index (χ4v) is 2.41. The van der Waals surface area contributed by atoms with Gasteiger partial charge in [-0.05, 0) is 56.0 Å². The van der Waals surface area contributed by atoms with Crippen molar-refractivity contribution in [3.05, 3.63) is 64.7 Å². The van der Waals surface area contributed by atoms with Crippen molar-refractivity contribution in [1.29, 1.82) is 0 Å². The van der Waals surface area contributed by atoms with Crippen LogP contribution in [0.3, 0.4) is 0 Å². The van der Waals surface area contributed by atoms with Crippen molar-refractivity contribution < 1.29 is 0 Å². The third kappa shape index (κ3) is 6.05. The summed E-state index contributed by atoms with van der Waals surface area (Å²) >= 11 is 0. The molecule has 0 heterocycles. The summed E-state index contributed by atoms with van der Waals surface area (Å²) in [6.45, 7) is 6.93. The molecule has 0 atom stereocenters. The van der Waals surface area contributed by atoms with Crippen LogP contribution in [0.4, 0.5) is 5.69 Å². The van der Waals surface area contributed by atoms with Crippen LogP contribution in [0, 0.1) is 20.8 Å². The van der Waals surface area contributed by atoms with E-state index in [-0.39, 0.29) is 24.0 Å². The van der Waals surface area contributed by atoms with Crippen molar-refractivity contribution in [3.8, 4) is 0 Å². The lowest BCUT2D eigenvalue weighted by Crippen LogP contribution is -2.23. The average Bonchev–Trinajstić information content (AvgIpc) is 2.37. The highest BCUT2D eigenvalue weighted by Crippen LogP contribution is 2.13. The second-order valence-corrected chi connectivity index (χ2v) is 5.51. The van der Waals surface area contributed by atoms with Gasteiger partial charge in [-0.3, -0.25) is 4.99 Å². The van der Waals surface area contributed by atoms with Gasteiger partial charge in [-0.25, -0.2) is 0 Å². The van der Waals surface area contributed by atoms with Crippen LogP contribution >= 0.6 is 24.0 Å². The Morgan fingerprint density at radius 1 is 1.00 bits per heavy atom. The lowest BCUT2D eigenvalue weighted by Gasteiger charge is -2.08. The molecule has 0 aliphatic carbocycles. The molecular formula is C18H24IN3. The van der Waals surface area contributed by atoms with Crippen LogP contribution in [-0.4, -0.2) is 12.5 Å². The first-order valence-corrected chi connectivity index (χ1v) is 7.24. The number of nitrogens with zero attached hydrogens (tertiary/aromatic N) is 1. The number of anilines is 1. The predicted molar refractivity (Wildman–Crippen MR) is 106 cm³/mol. The molecule has 0 radical (unpaired) electrons. The molecule has 0 spiro atoms. The number of nitrogens with one attached hydrogen (secondary N) is 1. The highest BCUT2D eigenvalue weighted by atomic mass is 127. The minimum atomic E-state index is 0. The van der Waals surface area contributed by atoms with Crippen molar-refractivity contribution in [3.63, 3.8) is 0 Å². The van der Waals surface area contributed by atoms with Crippen molar-refractivity contribution in [2.24, 2.45) is 10.7 Å². The van der Waals surface area contributed by atoms with Gasteiger partial charge in [0.05, 0.1) is 0 Å². The predicted octanol–water partition coefficient (Wildman–Crippen LogP) is 4.20. The van der Waals surface area contributed by atoms with E-state index in [0.717, 1.165) is 12.1 Å². The third-order valence-electron chi connectivity index (χ3n) is 3.26. The second kappa shape index (κ2) is 8.78. The molecule has 2 aromatic rings. The first-order chi connectivity index (χ1) is 10.0. The number of nitrogens with two attached hydrogens (primary N) is 1. The molecule has 0 aromatic heterocycles. The number of rotatable bonds is 4. The van der Waals surface area contributed by atoms with Gasteiger partial charge in [-0.1, -0.05) is 35.9 Å². The van der Waals surface area contributed by atoms with E-state index in [9.17, 15) is 0 Å². The number of halogens is 1. The van der Waals surface area contributed by atoms with Crippen molar-refractivity contribution in [1.82, 2.24) is 0 Å². The molecule has 2 aromatic carbocycles. The quantitative estimate of drug-likeness (QED) is 0.452. The summed E-state index contributed by atoms with van der Waals surface area (Å²) in [4.78, 5) is 4.39. The first-order valence-electron chi connectivity index (χ1n) is 7.24. The van der Waals surface area contributed by atoms with Gasteiger partial charge in [0.25, 0.3) is 0 Å². The Morgan fingerprint density at radius 2 is 1.68 bits per heavy atom. The SMILES string of the molecule is Cc1cccc(CCN=C(N)Nc2cc(C)cc(C)c2)c1.I. The fourth-order valence-electron chi connectivity index (χ4n) is 2.41. The van der Waals surface area contributed by atoms with Gasteiger partial charge in [0, 0.05) is 12.2 Å². The average molecular weight is 409 g/mol. The molecule has 0 aliphatic rings. The second-order valence-electron chi connectivity index (χ2n) is 5.51. The van der Waals surface area contributed by atoms with Gasteiger partial charge in [0.2, 0.25) is 0 Å². The molecular weight excluding hydrogens is 385 g/mol. The van der Waals surface area contributed by atoms with E-state index < -0.39 is 0 Å². The van der Waals surface area contributed by atoms with Crippen LogP contribution < -0.4 is 11.1 Å². The van der Waals surface area contributed by atoms with E-state index in [2.05, 4.69) is 73.5 Å². The van der Waals surface area contributed by atoms with E-state index in [0.29, 0.717) is 12.5 Å². The monoisotopic (exact) mass is 409 g/mol. The Bertz CT molecular complexity index is 630. The summed E-state index contributed by atoms with van der Waals surface area (Å²) in [7, 11) is 0. The molecule has 3 nitrogen and oxygen atoms in total. The summed E-state index contributed by atoms with van der Waals surface area (Å²) in [6.07, 6.45) is 0.900. The zero-order valence-electron chi connectivity index (χ0n) is 13.4. The molecule has 0 unspecified atom stereocenters. The topological polar surface area (TPSA) is 50.4 Å². The molecule has 0 saturated heterocycles. The van der Waals surface area contributed by atoms with Crippen LogP contribution in [0.15, 0.2) is 47.5 Å². The van der Waals surface area contributed by atoms with Crippen molar-refractivity contribution in [2.45, 2.75) is 27.2 Å². The number of aliphatic imine (C=N–C) groups is 1. The normalized spacial score (nSPS) is 11.0. The largest absolute Gasteiger partial charge is 0.370 e. The first kappa shape index (κ1) is 18.5. The van der Waals surface area contributed by atoms with Gasteiger partial charge >= 0.3 is 0 Å². The zero-order valence-corrected chi connectivity index (χ0v) is 15.7. The van der Waals surface area contributed by atoms with Crippen LogP contribution in [0.2, 0.25) is 0 Å². The summed E-state index contributed by atoms with van der Waals surface area (Å²) in [5, 5.41) is 3.15. The van der Waals surface area contributed by atoms with E-state index in [4.69, 9.17) is 5.73 Å². The molecule has 0 saturated carbocycles. The lowest BCUT2D eigenvalue weighted by atomic mass is 10.1. The molecule has 22 heavy (non-hydrogen) atoms. The summed E-state index contributed by atoms with van der Waals surface area (Å²) in [6, 6.07) is 14.7. The number of hydrogen-bond acceptors (Lipinski definition) is 1. The molecule has 3 N–H and O–H groups in total. The van der Waals surface area contributed by atoms with E-state index in [1.807, 2.05) is 0 Å². The Hall–Kier alpha value is -1.56. The van der Waals surface area contributed by atoms with E-state index in [1.165, 1.54) is 22.3 Å². The minimum Gasteiger partial charge on any atom is -0.370 e. The highest BCUT2D eigenvalue weighted by Gasteiger charge is 1.98. The number of guanidine groups is 1. The summed E-state index contributed by atoms with van der Waals surface area (Å²) < 4.78 is 0. The molecule has 0 amide bonds. The Balaban J connectivity index is 0.00000242. The molecule has 0 aliphatic heterocycles. The third-order valence-corrected chi connectivity index (χ3v) is 3.26. The lowest BCUT2D eigenvalue weighted by molar-refractivity contribution is 0.962. The Kier molecular flexibility index (Phi) is 7.38. The van der Waals surface area contributed by atoms with Crippen LogP contribution in [0.25, 0.3) is 0 Å². The highest BCUT2D eigenvalue weighted by molar-refractivity contribution is 14.0. The van der Waals surface area contributed by atoms with Crippen molar-refractivity contribution in [2.75, 3.05) is 11.9 Å².